The molecule has 3 atom stereocenters. The van der Waals surface area contributed by atoms with Crippen molar-refractivity contribution < 1.29 is 4.84 Å². The van der Waals surface area contributed by atoms with Crippen LogP contribution >= 0.6 is 0 Å². The number of aryl methyl sites for hydroxylation is 2. The van der Waals surface area contributed by atoms with Crippen LogP contribution in [0.5, 0.6) is 0 Å². The summed E-state index contributed by atoms with van der Waals surface area (Å²) in [6.07, 6.45) is 18.8. The van der Waals surface area contributed by atoms with Crippen molar-refractivity contribution in [2.75, 3.05) is 7.05 Å². The Morgan fingerprint density at radius 1 is 1.05 bits per heavy atom. The van der Waals surface area contributed by atoms with Gasteiger partial charge in [0.25, 0.3) is 0 Å². The number of fused-ring (bicyclic) bond motifs is 4. The Balaban J connectivity index is 1.49. The first-order valence-corrected chi connectivity index (χ1v) is 14.2. The quantitative estimate of drug-likeness (QED) is 0.436. The molecule has 192 valence electrons. The molecule has 3 aliphatic carbocycles. The van der Waals surface area contributed by atoms with Crippen molar-refractivity contribution in [1.82, 2.24) is 5.06 Å². The second-order valence-electron chi connectivity index (χ2n) is 11.7. The highest BCUT2D eigenvalue weighted by atomic mass is 16.7. The normalized spacial score (nSPS) is 26.8. The highest BCUT2D eigenvalue weighted by Gasteiger charge is 2.62. The highest BCUT2D eigenvalue weighted by Crippen LogP contribution is 2.61. The third-order valence-electron chi connectivity index (χ3n) is 9.33. The Kier molecular flexibility index (Phi) is 6.23. The maximum atomic E-state index is 7.01. The molecule has 3 nitrogen and oxygen atoms in total. The lowest BCUT2D eigenvalue weighted by Crippen LogP contribution is -2.43. The summed E-state index contributed by atoms with van der Waals surface area (Å²) in [5.74, 6) is 1.96. The fourth-order valence-electron chi connectivity index (χ4n) is 7.01. The molecule has 4 aliphatic rings. The van der Waals surface area contributed by atoms with E-state index in [1.165, 1.54) is 33.4 Å². The smallest absolute Gasteiger partial charge is 0.218 e. The first kappa shape index (κ1) is 24.4. The lowest BCUT2D eigenvalue weighted by Gasteiger charge is -2.40. The summed E-state index contributed by atoms with van der Waals surface area (Å²) >= 11 is 0. The summed E-state index contributed by atoms with van der Waals surface area (Å²) in [7, 11) is 2.06. The third-order valence-corrected chi connectivity index (χ3v) is 9.33. The van der Waals surface area contributed by atoms with Crippen LogP contribution in [0, 0.1) is 17.3 Å². The topological polar surface area (TPSA) is 24.8 Å². The molecule has 2 spiro atoms. The molecular weight excluding hydrogens is 452 g/mol. The van der Waals surface area contributed by atoms with E-state index < -0.39 is 5.72 Å². The molecule has 3 unspecified atom stereocenters. The number of allylic oxidation sites excluding steroid dienone is 6. The largest absolute Gasteiger partial charge is 0.240 e. The average Bonchev–Trinajstić information content (AvgIpc) is 3.29. The molecule has 3 heteroatoms. The molecule has 0 fully saturated rings. The SMILES string of the molecule is CCC(C)C1=NC2(ON1C)c1cc(C3=CC(C)CC=CC=C3)ccc1CC21CCc2ccccc2CC1. The molecule has 2 aromatic carbocycles. The molecule has 2 aromatic rings. The van der Waals surface area contributed by atoms with Crippen LogP contribution in [0.4, 0.5) is 0 Å². The number of rotatable bonds is 3. The van der Waals surface area contributed by atoms with E-state index in [1.54, 1.807) is 0 Å². The molecule has 0 saturated carbocycles. The zero-order valence-electron chi connectivity index (χ0n) is 22.8. The van der Waals surface area contributed by atoms with E-state index in [1.807, 2.05) is 5.06 Å². The van der Waals surface area contributed by atoms with Crippen LogP contribution in [-0.4, -0.2) is 17.9 Å². The molecule has 0 amide bonds. The number of aliphatic imine (C=N–C) groups is 1. The van der Waals surface area contributed by atoms with Gasteiger partial charge in [-0.05, 0) is 84.8 Å². The zero-order valence-corrected chi connectivity index (χ0v) is 22.8. The molecule has 0 radical (unpaired) electrons. The number of nitrogens with zero attached hydrogens (tertiary/aromatic N) is 2. The minimum atomic E-state index is -0.661. The van der Waals surface area contributed by atoms with E-state index in [4.69, 9.17) is 9.83 Å². The predicted molar refractivity (Wildman–Crippen MR) is 153 cm³/mol. The molecule has 6 rings (SSSR count). The van der Waals surface area contributed by atoms with Crippen molar-refractivity contribution >= 4 is 11.4 Å². The van der Waals surface area contributed by atoms with Crippen LogP contribution in [0.25, 0.3) is 5.57 Å². The summed E-state index contributed by atoms with van der Waals surface area (Å²) in [4.78, 5) is 12.6. The van der Waals surface area contributed by atoms with Gasteiger partial charge in [-0.15, -0.1) is 0 Å². The fourth-order valence-corrected chi connectivity index (χ4v) is 7.01. The maximum absolute atomic E-state index is 7.01. The van der Waals surface area contributed by atoms with Crippen molar-refractivity contribution in [3.05, 3.63) is 101 Å². The lowest BCUT2D eigenvalue weighted by atomic mass is 9.71. The summed E-state index contributed by atoms with van der Waals surface area (Å²) in [5.41, 5.74) is 7.51. The molecule has 0 N–H and O–H groups in total. The Bertz CT molecular complexity index is 1290. The van der Waals surface area contributed by atoms with Gasteiger partial charge in [-0.25, -0.2) is 14.9 Å². The molecule has 1 heterocycles. The van der Waals surface area contributed by atoms with Crippen LogP contribution < -0.4 is 0 Å². The second kappa shape index (κ2) is 9.44. The minimum absolute atomic E-state index is 0.0579. The summed E-state index contributed by atoms with van der Waals surface area (Å²) in [6, 6.07) is 16.1. The second-order valence-corrected chi connectivity index (χ2v) is 11.7. The highest BCUT2D eigenvalue weighted by molar-refractivity contribution is 5.85. The Hall–Kier alpha value is -2.91. The predicted octanol–water partition coefficient (Wildman–Crippen LogP) is 7.82. The molecule has 37 heavy (non-hydrogen) atoms. The van der Waals surface area contributed by atoms with Crippen molar-refractivity contribution in [2.45, 2.75) is 71.4 Å². The first-order chi connectivity index (χ1) is 17.9. The number of amidine groups is 1. The standard InChI is InChI=1S/C34H40N2O/c1-5-25(3)32-35-34(37-36(32)4)31-22-29(28-14-8-6-7-11-24(2)21-28)15-16-30(31)23-33(34)19-17-26-12-9-10-13-27(26)18-20-33/h6-10,12-16,21-22,24-25H,5,11,17-20,23H2,1-4H3. The van der Waals surface area contributed by atoms with Crippen LogP contribution in [0.2, 0.25) is 0 Å². The van der Waals surface area contributed by atoms with E-state index in [0.29, 0.717) is 11.8 Å². The molecule has 0 saturated heterocycles. The third kappa shape index (κ3) is 4.03. The number of hydroxylamine groups is 2. The van der Waals surface area contributed by atoms with Crippen molar-refractivity contribution in [3.63, 3.8) is 0 Å². The number of hydrogen-bond acceptors (Lipinski definition) is 3. The van der Waals surface area contributed by atoms with Crippen LogP contribution in [0.1, 0.15) is 74.3 Å². The van der Waals surface area contributed by atoms with Gasteiger partial charge in [0.05, 0.1) is 0 Å². The van der Waals surface area contributed by atoms with Gasteiger partial charge in [0.15, 0.2) is 0 Å². The van der Waals surface area contributed by atoms with Gasteiger partial charge >= 0.3 is 0 Å². The average molecular weight is 493 g/mol. The van der Waals surface area contributed by atoms with E-state index in [0.717, 1.165) is 50.8 Å². The van der Waals surface area contributed by atoms with Crippen molar-refractivity contribution in [3.8, 4) is 0 Å². The van der Waals surface area contributed by atoms with Gasteiger partial charge in [0.2, 0.25) is 5.72 Å². The van der Waals surface area contributed by atoms with Gasteiger partial charge in [-0.2, -0.15) is 0 Å². The first-order valence-electron chi connectivity index (χ1n) is 14.2. The number of benzene rings is 2. The van der Waals surface area contributed by atoms with Gasteiger partial charge in [0.1, 0.15) is 5.84 Å². The molecule has 0 bridgehead atoms. The van der Waals surface area contributed by atoms with Crippen LogP contribution in [0.15, 0.2) is 77.8 Å². The maximum Gasteiger partial charge on any atom is 0.218 e. The van der Waals surface area contributed by atoms with Gasteiger partial charge in [0, 0.05) is 23.9 Å². The monoisotopic (exact) mass is 492 g/mol. The van der Waals surface area contributed by atoms with Crippen LogP contribution in [-0.2, 0) is 29.8 Å². The van der Waals surface area contributed by atoms with Crippen molar-refractivity contribution in [1.29, 1.82) is 0 Å². The van der Waals surface area contributed by atoms with Gasteiger partial charge < -0.3 is 0 Å². The Labute approximate surface area is 222 Å². The minimum Gasteiger partial charge on any atom is -0.240 e. The zero-order chi connectivity index (χ0) is 25.6. The molecule has 0 aromatic heterocycles. The molecule has 1 aliphatic heterocycles. The van der Waals surface area contributed by atoms with Crippen molar-refractivity contribution in [2.24, 2.45) is 22.2 Å². The molecular formula is C34H40N2O. The number of hydrogen-bond donors (Lipinski definition) is 0. The van der Waals surface area contributed by atoms with E-state index in [9.17, 15) is 0 Å². The van der Waals surface area contributed by atoms with E-state index in [2.05, 4.69) is 101 Å². The Morgan fingerprint density at radius 3 is 2.54 bits per heavy atom. The van der Waals surface area contributed by atoms with E-state index in [-0.39, 0.29) is 5.41 Å². The van der Waals surface area contributed by atoms with E-state index >= 15 is 0 Å². The summed E-state index contributed by atoms with van der Waals surface area (Å²) < 4.78 is 0. The van der Waals surface area contributed by atoms with Gasteiger partial charge in [-0.3, -0.25) is 0 Å². The van der Waals surface area contributed by atoms with Crippen LogP contribution in [0.3, 0.4) is 0 Å². The lowest BCUT2D eigenvalue weighted by molar-refractivity contribution is -0.225. The fraction of sp³-hybridized carbons (Fsp3) is 0.441. The van der Waals surface area contributed by atoms with Gasteiger partial charge in [-0.1, -0.05) is 87.5 Å². The summed E-state index contributed by atoms with van der Waals surface area (Å²) in [6.45, 7) is 6.82. The Morgan fingerprint density at radius 2 is 1.81 bits per heavy atom. The summed E-state index contributed by atoms with van der Waals surface area (Å²) in [5, 5.41) is 2.00.